The SMILES string of the molecule is N#Cc1c(F)cc(NC2CCCC(O)C2)cc1Cl.[Na]. The molecule has 3 nitrogen and oxygen atoms in total. The molecule has 1 aromatic rings. The van der Waals surface area contributed by atoms with E-state index in [1.807, 2.05) is 0 Å². The minimum atomic E-state index is -0.621. The van der Waals surface area contributed by atoms with Crippen LogP contribution in [-0.2, 0) is 0 Å². The standard InChI is InChI=1S/C13H14ClFN2O.Na/c14-12-5-9(6-13(15)11(12)7-16)17-8-2-1-3-10(18)4-8;/h5-6,8,10,17-18H,1-4H2;. The van der Waals surface area contributed by atoms with Crippen molar-refractivity contribution in [2.45, 2.75) is 37.8 Å². The first-order valence-electron chi connectivity index (χ1n) is 5.94. The van der Waals surface area contributed by atoms with Crippen molar-refractivity contribution < 1.29 is 9.50 Å². The van der Waals surface area contributed by atoms with Gasteiger partial charge in [0.05, 0.1) is 11.1 Å². The first-order valence-corrected chi connectivity index (χ1v) is 6.31. The van der Waals surface area contributed by atoms with Gasteiger partial charge in [-0.15, -0.1) is 0 Å². The summed E-state index contributed by atoms with van der Waals surface area (Å²) in [5.41, 5.74) is 0.418. The molecule has 0 saturated heterocycles. The molecule has 1 saturated carbocycles. The maximum Gasteiger partial charge on any atom is 0.144 e. The van der Waals surface area contributed by atoms with Crippen molar-refractivity contribution in [1.29, 1.82) is 5.26 Å². The molecule has 0 heterocycles. The molecule has 0 bridgehead atoms. The molecule has 2 rings (SSSR count). The molecular weight excluding hydrogens is 278 g/mol. The molecule has 6 heteroatoms. The van der Waals surface area contributed by atoms with E-state index in [0.29, 0.717) is 12.1 Å². The quantitative estimate of drug-likeness (QED) is 0.824. The number of hydrogen-bond donors (Lipinski definition) is 2. The van der Waals surface area contributed by atoms with Gasteiger partial charge in [0.1, 0.15) is 17.4 Å². The molecule has 19 heavy (non-hydrogen) atoms. The van der Waals surface area contributed by atoms with Crippen molar-refractivity contribution in [3.63, 3.8) is 0 Å². The fourth-order valence-corrected chi connectivity index (χ4v) is 2.54. The van der Waals surface area contributed by atoms with Crippen molar-refractivity contribution in [2.75, 3.05) is 5.32 Å². The number of aliphatic hydroxyl groups excluding tert-OH is 1. The number of nitrogens with one attached hydrogen (secondary N) is 1. The summed E-state index contributed by atoms with van der Waals surface area (Å²) < 4.78 is 13.5. The summed E-state index contributed by atoms with van der Waals surface area (Å²) in [6.45, 7) is 0. The van der Waals surface area contributed by atoms with E-state index in [4.69, 9.17) is 16.9 Å². The summed E-state index contributed by atoms with van der Waals surface area (Å²) in [6, 6.07) is 4.66. The third-order valence-corrected chi connectivity index (χ3v) is 3.47. The Hall–Kier alpha value is -0.310. The summed E-state index contributed by atoms with van der Waals surface area (Å²) in [4.78, 5) is 0. The van der Waals surface area contributed by atoms with Crippen LogP contribution in [0.3, 0.4) is 0 Å². The van der Waals surface area contributed by atoms with E-state index in [-0.39, 0.29) is 52.3 Å². The normalized spacial score (nSPS) is 22.2. The largest absolute Gasteiger partial charge is 0.393 e. The number of halogens is 2. The molecule has 97 valence electrons. The van der Waals surface area contributed by atoms with Gasteiger partial charge < -0.3 is 10.4 Å². The Morgan fingerprint density at radius 2 is 2.16 bits per heavy atom. The molecule has 1 aromatic carbocycles. The Labute approximate surface area is 139 Å². The third kappa shape index (κ3) is 4.34. The van der Waals surface area contributed by atoms with E-state index in [1.165, 1.54) is 6.07 Å². The minimum Gasteiger partial charge on any atom is -0.393 e. The van der Waals surface area contributed by atoms with Gasteiger partial charge in [0, 0.05) is 41.3 Å². The number of benzene rings is 1. The molecule has 0 aliphatic heterocycles. The van der Waals surface area contributed by atoms with Gasteiger partial charge >= 0.3 is 0 Å². The predicted molar refractivity (Wildman–Crippen MR) is 73.8 cm³/mol. The molecule has 1 fully saturated rings. The molecule has 1 aliphatic rings. The Bertz CT molecular complexity index is 469. The van der Waals surface area contributed by atoms with Crippen LogP contribution in [0.5, 0.6) is 0 Å². The van der Waals surface area contributed by atoms with Crippen LogP contribution < -0.4 is 5.32 Å². The van der Waals surface area contributed by atoms with Crippen molar-refractivity contribution in [1.82, 2.24) is 0 Å². The van der Waals surface area contributed by atoms with Crippen LogP contribution in [0.4, 0.5) is 10.1 Å². The van der Waals surface area contributed by atoms with E-state index in [9.17, 15) is 9.50 Å². The van der Waals surface area contributed by atoms with Crippen LogP contribution in [-0.4, -0.2) is 46.8 Å². The molecule has 1 aliphatic carbocycles. The molecule has 1 radical (unpaired) electrons. The molecule has 2 unspecified atom stereocenters. The first-order chi connectivity index (χ1) is 8.60. The van der Waals surface area contributed by atoms with Crippen molar-refractivity contribution in [2.24, 2.45) is 0 Å². The zero-order valence-corrected chi connectivity index (χ0v) is 13.5. The monoisotopic (exact) mass is 291 g/mol. The second-order valence-corrected chi connectivity index (χ2v) is 5.00. The fraction of sp³-hybridized carbons (Fsp3) is 0.462. The number of rotatable bonds is 2. The van der Waals surface area contributed by atoms with Gasteiger partial charge in [-0.2, -0.15) is 5.26 Å². The second kappa shape index (κ2) is 7.47. The van der Waals surface area contributed by atoms with Crippen LogP contribution >= 0.6 is 11.6 Å². The van der Waals surface area contributed by atoms with Gasteiger partial charge in [0.25, 0.3) is 0 Å². The summed E-state index contributed by atoms with van der Waals surface area (Å²) in [7, 11) is 0. The van der Waals surface area contributed by atoms with Crippen molar-refractivity contribution >= 4 is 46.8 Å². The molecular formula is C13H14ClFN2NaO. The average molecular weight is 292 g/mol. The van der Waals surface area contributed by atoms with Crippen LogP contribution in [0.1, 0.15) is 31.2 Å². The number of hydrogen-bond acceptors (Lipinski definition) is 3. The molecule has 0 spiro atoms. The van der Waals surface area contributed by atoms with Crippen LogP contribution in [0, 0.1) is 17.1 Å². The first kappa shape index (κ1) is 16.7. The predicted octanol–water partition coefficient (Wildman–Crippen LogP) is 2.69. The third-order valence-electron chi connectivity index (χ3n) is 3.17. The number of nitriles is 1. The Kier molecular flexibility index (Phi) is 6.58. The van der Waals surface area contributed by atoms with Crippen molar-refractivity contribution in [3.05, 3.63) is 28.5 Å². The topological polar surface area (TPSA) is 56.0 Å². The Morgan fingerprint density at radius 3 is 2.74 bits per heavy atom. The smallest absolute Gasteiger partial charge is 0.144 e. The average Bonchev–Trinajstić information content (AvgIpc) is 2.28. The van der Waals surface area contributed by atoms with Crippen LogP contribution in [0.15, 0.2) is 12.1 Å². The zero-order valence-electron chi connectivity index (χ0n) is 10.8. The van der Waals surface area contributed by atoms with E-state index < -0.39 is 5.82 Å². The maximum atomic E-state index is 13.5. The van der Waals surface area contributed by atoms with E-state index >= 15 is 0 Å². The van der Waals surface area contributed by atoms with Crippen LogP contribution in [0.25, 0.3) is 0 Å². The van der Waals surface area contributed by atoms with Gasteiger partial charge in [0.2, 0.25) is 0 Å². The van der Waals surface area contributed by atoms with E-state index in [0.717, 1.165) is 19.3 Å². The molecule has 2 N–H and O–H groups in total. The van der Waals surface area contributed by atoms with Gasteiger partial charge in [-0.3, -0.25) is 0 Å². The van der Waals surface area contributed by atoms with Gasteiger partial charge in [0.15, 0.2) is 0 Å². The number of aliphatic hydroxyl groups is 1. The van der Waals surface area contributed by atoms with E-state index in [1.54, 1.807) is 12.1 Å². The summed E-state index contributed by atoms with van der Waals surface area (Å²) in [5, 5.41) is 21.5. The summed E-state index contributed by atoms with van der Waals surface area (Å²) >= 11 is 5.83. The summed E-state index contributed by atoms with van der Waals surface area (Å²) in [6.07, 6.45) is 3.07. The fourth-order valence-electron chi connectivity index (χ4n) is 2.29. The second-order valence-electron chi connectivity index (χ2n) is 4.59. The molecule has 0 amide bonds. The van der Waals surface area contributed by atoms with Gasteiger partial charge in [-0.1, -0.05) is 11.6 Å². The van der Waals surface area contributed by atoms with Crippen LogP contribution in [0.2, 0.25) is 5.02 Å². The Morgan fingerprint density at radius 1 is 1.42 bits per heavy atom. The Balaban J connectivity index is 0.00000180. The molecule has 0 aromatic heterocycles. The maximum absolute atomic E-state index is 13.5. The molecule has 2 atom stereocenters. The number of anilines is 1. The summed E-state index contributed by atoms with van der Waals surface area (Å²) in [5.74, 6) is -0.621. The van der Waals surface area contributed by atoms with Crippen molar-refractivity contribution in [3.8, 4) is 6.07 Å². The van der Waals surface area contributed by atoms with Gasteiger partial charge in [-0.25, -0.2) is 4.39 Å². The zero-order chi connectivity index (χ0) is 13.1. The van der Waals surface area contributed by atoms with E-state index in [2.05, 4.69) is 5.32 Å². The number of nitrogens with zero attached hydrogens (tertiary/aromatic N) is 1. The minimum absolute atomic E-state index is 0. The van der Waals surface area contributed by atoms with Gasteiger partial charge in [-0.05, 0) is 37.8 Å².